The molecule has 0 aliphatic carbocycles. The van der Waals surface area contributed by atoms with Crippen LogP contribution in [0.3, 0.4) is 0 Å². The summed E-state index contributed by atoms with van der Waals surface area (Å²) in [5.41, 5.74) is 2.31. The third kappa shape index (κ3) is 3.48. The normalized spacial score (nSPS) is 21.1. The number of hydrogen-bond donors (Lipinski definition) is 1. The molecule has 1 N–H and O–H groups in total. The van der Waals surface area contributed by atoms with Gasteiger partial charge in [0.2, 0.25) is 0 Å². The highest BCUT2D eigenvalue weighted by Gasteiger charge is 2.25. The molecule has 19 heavy (non-hydrogen) atoms. The molecule has 2 rings (SSSR count). The predicted molar refractivity (Wildman–Crippen MR) is 80.6 cm³/mol. The first-order valence-corrected chi connectivity index (χ1v) is 7.31. The van der Waals surface area contributed by atoms with Crippen molar-refractivity contribution >= 4 is 5.69 Å². The molecule has 3 heteroatoms. The van der Waals surface area contributed by atoms with Crippen LogP contribution >= 0.6 is 0 Å². The lowest BCUT2D eigenvalue weighted by atomic mass is 10.1. The number of nitrogens with zero attached hydrogens (tertiary/aromatic N) is 2. The van der Waals surface area contributed by atoms with E-state index in [1.807, 2.05) is 6.92 Å². The van der Waals surface area contributed by atoms with Crippen LogP contribution in [-0.2, 0) is 0 Å². The molecule has 0 aromatic heterocycles. The van der Waals surface area contributed by atoms with E-state index >= 15 is 0 Å². The molecule has 1 unspecified atom stereocenters. The van der Waals surface area contributed by atoms with E-state index < -0.39 is 0 Å². The second-order valence-corrected chi connectivity index (χ2v) is 5.77. The van der Waals surface area contributed by atoms with Gasteiger partial charge in [-0.1, -0.05) is 19.1 Å². The second kappa shape index (κ2) is 6.40. The average Bonchev–Trinajstić information content (AvgIpc) is 2.85. The van der Waals surface area contributed by atoms with Gasteiger partial charge in [0, 0.05) is 24.8 Å². The molecular weight excluding hydrogens is 236 g/mol. The smallest absolute Gasteiger partial charge is 0.0787 e. The Labute approximate surface area is 116 Å². The molecular formula is C16H26N2O. The molecule has 1 aromatic rings. The van der Waals surface area contributed by atoms with Gasteiger partial charge in [0.05, 0.1) is 6.10 Å². The van der Waals surface area contributed by atoms with Gasteiger partial charge in [0.15, 0.2) is 0 Å². The van der Waals surface area contributed by atoms with Crippen molar-refractivity contribution in [2.75, 3.05) is 32.1 Å². The first kappa shape index (κ1) is 14.4. The van der Waals surface area contributed by atoms with Crippen molar-refractivity contribution in [2.24, 2.45) is 0 Å². The quantitative estimate of drug-likeness (QED) is 0.884. The van der Waals surface area contributed by atoms with Crippen LogP contribution in [0, 0.1) is 0 Å². The zero-order valence-corrected chi connectivity index (χ0v) is 12.3. The zero-order chi connectivity index (χ0) is 13.8. The second-order valence-electron chi connectivity index (χ2n) is 5.77. The van der Waals surface area contributed by atoms with Gasteiger partial charge < -0.3 is 14.9 Å². The summed E-state index contributed by atoms with van der Waals surface area (Å²) in [4.78, 5) is 4.76. The van der Waals surface area contributed by atoms with E-state index in [-0.39, 0.29) is 6.10 Å². The van der Waals surface area contributed by atoms with Gasteiger partial charge in [-0.25, -0.2) is 0 Å². The largest absolute Gasteiger partial charge is 0.388 e. The van der Waals surface area contributed by atoms with Crippen LogP contribution in [0.15, 0.2) is 24.3 Å². The molecule has 1 aliphatic rings. The lowest BCUT2D eigenvalue weighted by molar-refractivity contribution is 0.173. The maximum atomic E-state index is 9.84. The fraction of sp³-hybridized carbons (Fsp3) is 0.625. The first-order chi connectivity index (χ1) is 9.11. The summed E-state index contributed by atoms with van der Waals surface area (Å²) in [7, 11) is 4.27. The molecule has 1 heterocycles. The van der Waals surface area contributed by atoms with Crippen molar-refractivity contribution in [3.63, 3.8) is 0 Å². The van der Waals surface area contributed by atoms with Crippen LogP contribution in [0.4, 0.5) is 5.69 Å². The van der Waals surface area contributed by atoms with E-state index in [0.29, 0.717) is 6.04 Å². The maximum Gasteiger partial charge on any atom is 0.0787 e. The monoisotopic (exact) mass is 262 g/mol. The highest BCUT2D eigenvalue weighted by Crippen LogP contribution is 2.27. The third-order valence-corrected chi connectivity index (χ3v) is 3.95. The highest BCUT2D eigenvalue weighted by atomic mass is 16.3. The Bertz CT molecular complexity index is 388. The lowest BCUT2D eigenvalue weighted by Gasteiger charge is -2.29. The predicted octanol–water partition coefficient (Wildman–Crippen LogP) is 2.66. The Balaban J connectivity index is 2.08. The van der Waals surface area contributed by atoms with E-state index in [9.17, 15) is 5.11 Å². The third-order valence-electron chi connectivity index (χ3n) is 3.95. The minimum absolute atomic E-state index is 0.329. The molecule has 1 saturated heterocycles. The van der Waals surface area contributed by atoms with Crippen molar-refractivity contribution < 1.29 is 5.11 Å². The topological polar surface area (TPSA) is 26.7 Å². The molecule has 0 bridgehead atoms. The molecule has 0 radical (unpaired) electrons. The van der Waals surface area contributed by atoms with Crippen LogP contribution in [-0.4, -0.2) is 43.2 Å². The van der Waals surface area contributed by atoms with Crippen LogP contribution < -0.4 is 4.90 Å². The van der Waals surface area contributed by atoms with Crippen molar-refractivity contribution in [1.82, 2.24) is 4.90 Å². The number of benzene rings is 1. The van der Waals surface area contributed by atoms with Gasteiger partial charge in [-0.2, -0.15) is 0 Å². The Morgan fingerprint density at radius 3 is 2.58 bits per heavy atom. The van der Waals surface area contributed by atoms with Crippen LogP contribution in [0.25, 0.3) is 0 Å². The number of hydrogen-bond acceptors (Lipinski definition) is 3. The fourth-order valence-electron chi connectivity index (χ4n) is 2.91. The summed E-state index contributed by atoms with van der Waals surface area (Å²) in [5.74, 6) is 0. The zero-order valence-electron chi connectivity index (χ0n) is 12.3. The van der Waals surface area contributed by atoms with Crippen molar-refractivity contribution in [2.45, 2.75) is 38.3 Å². The van der Waals surface area contributed by atoms with Crippen molar-refractivity contribution in [3.8, 4) is 0 Å². The van der Waals surface area contributed by atoms with Gasteiger partial charge in [-0.3, -0.25) is 0 Å². The molecule has 1 aromatic carbocycles. The van der Waals surface area contributed by atoms with E-state index in [0.717, 1.165) is 25.1 Å². The summed E-state index contributed by atoms with van der Waals surface area (Å²) in [5, 5.41) is 9.84. The SMILES string of the molecule is CC[C@@H](O)c1ccc(N2CCCC2CN(C)C)cc1. The van der Waals surface area contributed by atoms with E-state index in [4.69, 9.17) is 0 Å². The standard InChI is InChI=1S/C16H26N2O/c1-4-16(19)13-7-9-14(10-8-13)18-11-5-6-15(18)12-17(2)3/h7-10,15-16,19H,4-6,11-12H2,1-3H3/t15?,16-/m1/s1. The van der Waals surface area contributed by atoms with Gasteiger partial charge in [-0.15, -0.1) is 0 Å². The molecule has 0 saturated carbocycles. The van der Waals surface area contributed by atoms with Crippen molar-refractivity contribution in [1.29, 1.82) is 0 Å². The van der Waals surface area contributed by atoms with Crippen LogP contribution in [0.1, 0.15) is 37.9 Å². The van der Waals surface area contributed by atoms with E-state index in [1.54, 1.807) is 0 Å². The van der Waals surface area contributed by atoms with Crippen LogP contribution in [0.5, 0.6) is 0 Å². The number of rotatable bonds is 5. The Hall–Kier alpha value is -1.06. The first-order valence-electron chi connectivity index (χ1n) is 7.31. The summed E-state index contributed by atoms with van der Waals surface area (Å²) in [6, 6.07) is 9.06. The minimum Gasteiger partial charge on any atom is -0.388 e. The molecule has 1 fully saturated rings. The lowest BCUT2D eigenvalue weighted by Crippen LogP contribution is -2.37. The van der Waals surface area contributed by atoms with Gasteiger partial charge in [-0.05, 0) is 51.1 Å². The molecule has 3 nitrogen and oxygen atoms in total. The van der Waals surface area contributed by atoms with Gasteiger partial charge in [0.1, 0.15) is 0 Å². The number of likely N-dealkylation sites (N-methyl/N-ethyl adjacent to an activating group) is 1. The summed E-state index contributed by atoms with van der Waals surface area (Å²) < 4.78 is 0. The Kier molecular flexibility index (Phi) is 4.83. The summed E-state index contributed by atoms with van der Waals surface area (Å²) in [6.07, 6.45) is 2.99. The van der Waals surface area contributed by atoms with Gasteiger partial charge >= 0.3 is 0 Å². The Morgan fingerprint density at radius 2 is 2.00 bits per heavy atom. The van der Waals surface area contributed by atoms with Crippen LogP contribution in [0.2, 0.25) is 0 Å². The maximum absolute atomic E-state index is 9.84. The van der Waals surface area contributed by atoms with Gasteiger partial charge in [0.25, 0.3) is 0 Å². The number of aliphatic hydroxyl groups is 1. The average molecular weight is 262 g/mol. The fourth-order valence-corrected chi connectivity index (χ4v) is 2.91. The molecule has 2 atom stereocenters. The number of anilines is 1. The molecule has 0 spiro atoms. The summed E-state index contributed by atoms with van der Waals surface area (Å²) >= 11 is 0. The summed E-state index contributed by atoms with van der Waals surface area (Å²) in [6.45, 7) is 4.26. The number of aliphatic hydroxyl groups excluding tert-OH is 1. The molecule has 1 aliphatic heterocycles. The minimum atomic E-state index is -0.329. The Morgan fingerprint density at radius 1 is 1.32 bits per heavy atom. The molecule has 106 valence electrons. The van der Waals surface area contributed by atoms with E-state index in [1.165, 1.54) is 18.5 Å². The van der Waals surface area contributed by atoms with Crippen molar-refractivity contribution in [3.05, 3.63) is 29.8 Å². The highest BCUT2D eigenvalue weighted by molar-refractivity contribution is 5.50. The molecule has 0 amide bonds. The van der Waals surface area contributed by atoms with E-state index in [2.05, 4.69) is 48.2 Å².